The van der Waals surface area contributed by atoms with Crippen LogP contribution in [0.3, 0.4) is 0 Å². The highest BCUT2D eigenvalue weighted by atomic mass is 16.4. The Morgan fingerprint density at radius 2 is 2.00 bits per heavy atom. The van der Waals surface area contributed by atoms with E-state index in [-0.39, 0.29) is 6.42 Å². The minimum atomic E-state index is -0.944. The van der Waals surface area contributed by atoms with Crippen LogP contribution in [0.5, 0.6) is 0 Å². The van der Waals surface area contributed by atoms with E-state index in [0.29, 0.717) is 17.2 Å². The van der Waals surface area contributed by atoms with Gasteiger partial charge in [-0.2, -0.15) is 0 Å². The van der Waals surface area contributed by atoms with Crippen LogP contribution in [0.15, 0.2) is 52.8 Å². The van der Waals surface area contributed by atoms with Gasteiger partial charge in [-0.15, -0.1) is 10.2 Å². The van der Waals surface area contributed by atoms with E-state index < -0.39 is 5.97 Å². The predicted molar refractivity (Wildman–Crippen MR) is 91.3 cm³/mol. The lowest BCUT2D eigenvalue weighted by Gasteiger charge is -2.02. The first kappa shape index (κ1) is 15.9. The number of imidazole rings is 1. The molecular weight excluding hydrogens is 304 g/mol. The SMILES string of the molecule is CCc1ccccc1N=Nc1c(CC(=O)O)nc2ccc(C)cn12. The number of nitrogens with zero attached hydrogens (tertiary/aromatic N) is 4. The normalized spacial score (nSPS) is 11.4. The first-order valence-electron chi connectivity index (χ1n) is 7.77. The largest absolute Gasteiger partial charge is 0.481 e. The Balaban J connectivity index is 2.11. The van der Waals surface area contributed by atoms with Crippen molar-refractivity contribution in [3.8, 4) is 0 Å². The quantitative estimate of drug-likeness (QED) is 0.713. The number of aryl methyl sites for hydroxylation is 2. The third-order valence-corrected chi connectivity index (χ3v) is 3.75. The summed E-state index contributed by atoms with van der Waals surface area (Å²) < 4.78 is 1.78. The number of pyridine rings is 1. The molecule has 6 heteroatoms. The van der Waals surface area contributed by atoms with Crippen LogP contribution in [0.4, 0.5) is 11.5 Å². The van der Waals surface area contributed by atoms with Gasteiger partial charge in [-0.1, -0.05) is 31.2 Å². The van der Waals surface area contributed by atoms with Crippen LogP contribution in [0.2, 0.25) is 0 Å². The maximum absolute atomic E-state index is 11.1. The zero-order valence-electron chi connectivity index (χ0n) is 13.6. The molecule has 0 bridgehead atoms. The molecule has 0 fully saturated rings. The molecule has 6 nitrogen and oxygen atoms in total. The lowest BCUT2D eigenvalue weighted by atomic mass is 10.1. The molecule has 0 aliphatic carbocycles. The fourth-order valence-electron chi connectivity index (χ4n) is 2.56. The minimum Gasteiger partial charge on any atom is -0.481 e. The second-order valence-corrected chi connectivity index (χ2v) is 5.57. The van der Waals surface area contributed by atoms with Crippen LogP contribution in [0.1, 0.15) is 23.7 Å². The van der Waals surface area contributed by atoms with Gasteiger partial charge in [0.1, 0.15) is 5.65 Å². The van der Waals surface area contributed by atoms with Crippen molar-refractivity contribution in [3.05, 3.63) is 59.4 Å². The zero-order valence-corrected chi connectivity index (χ0v) is 13.6. The molecule has 0 amide bonds. The Morgan fingerprint density at radius 3 is 2.75 bits per heavy atom. The number of aromatic nitrogens is 2. The number of rotatable bonds is 5. The van der Waals surface area contributed by atoms with Crippen molar-refractivity contribution in [1.82, 2.24) is 9.38 Å². The molecule has 2 aromatic heterocycles. The highest BCUT2D eigenvalue weighted by Crippen LogP contribution is 2.27. The molecule has 1 N–H and O–H groups in total. The summed E-state index contributed by atoms with van der Waals surface area (Å²) in [5.74, 6) is -0.484. The zero-order chi connectivity index (χ0) is 17.1. The second kappa shape index (κ2) is 6.62. The molecule has 0 atom stereocenters. The lowest BCUT2D eigenvalue weighted by Crippen LogP contribution is -2.00. The van der Waals surface area contributed by atoms with E-state index in [4.69, 9.17) is 5.11 Å². The lowest BCUT2D eigenvalue weighted by molar-refractivity contribution is -0.136. The summed E-state index contributed by atoms with van der Waals surface area (Å²) in [6.07, 6.45) is 2.54. The molecule has 2 heterocycles. The number of aliphatic carboxylic acids is 1. The van der Waals surface area contributed by atoms with E-state index >= 15 is 0 Å². The molecule has 0 aliphatic rings. The van der Waals surface area contributed by atoms with Crippen molar-refractivity contribution in [2.24, 2.45) is 10.2 Å². The number of azo groups is 1. The summed E-state index contributed by atoms with van der Waals surface area (Å²) in [5.41, 5.74) is 3.97. The summed E-state index contributed by atoms with van der Waals surface area (Å²) in [4.78, 5) is 15.5. The van der Waals surface area contributed by atoms with Gasteiger partial charge in [0, 0.05) is 6.20 Å². The number of carboxylic acid groups (broad SMARTS) is 1. The molecule has 24 heavy (non-hydrogen) atoms. The summed E-state index contributed by atoms with van der Waals surface area (Å²) in [7, 11) is 0. The van der Waals surface area contributed by atoms with Gasteiger partial charge in [-0.25, -0.2) is 4.98 Å². The van der Waals surface area contributed by atoms with Crippen molar-refractivity contribution >= 4 is 23.1 Å². The van der Waals surface area contributed by atoms with Crippen molar-refractivity contribution in [1.29, 1.82) is 0 Å². The second-order valence-electron chi connectivity index (χ2n) is 5.57. The number of hydrogen-bond donors (Lipinski definition) is 1. The van der Waals surface area contributed by atoms with Crippen molar-refractivity contribution in [2.75, 3.05) is 0 Å². The van der Waals surface area contributed by atoms with Gasteiger partial charge in [0.25, 0.3) is 0 Å². The van der Waals surface area contributed by atoms with Crippen LogP contribution in [0, 0.1) is 6.92 Å². The Labute approximate surface area is 139 Å². The van der Waals surface area contributed by atoms with E-state index in [2.05, 4.69) is 22.1 Å². The van der Waals surface area contributed by atoms with Gasteiger partial charge in [0.05, 0.1) is 17.8 Å². The first-order chi connectivity index (χ1) is 11.6. The standard InChI is InChI=1S/C18H18N4O2/c1-3-13-6-4-5-7-14(13)20-21-18-15(10-17(23)24)19-16-9-8-12(2)11-22(16)18/h4-9,11H,3,10H2,1-2H3,(H,23,24). The van der Waals surface area contributed by atoms with Gasteiger partial charge in [-0.05, 0) is 36.6 Å². The Kier molecular flexibility index (Phi) is 4.37. The van der Waals surface area contributed by atoms with Crippen molar-refractivity contribution < 1.29 is 9.90 Å². The summed E-state index contributed by atoms with van der Waals surface area (Å²) in [5, 5.41) is 17.8. The van der Waals surface area contributed by atoms with E-state index in [0.717, 1.165) is 23.2 Å². The highest BCUT2D eigenvalue weighted by Gasteiger charge is 2.15. The minimum absolute atomic E-state index is 0.190. The van der Waals surface area contributed by atoms with Crippen LogP contribution in [-0.4, -0.2) is 20.5 Å². The molecule has 1 aromatic carbocycles. The number of benzene rings is 1. The monoisotopic (exact) mass is 322 g/mol. The molecular formula is C18H18N4O2. The number of carboxylic acids is 1. The molecule has 122 valence electrons. The summed E-state index contributed by atoms with van der Waals surface area (Å²) >= 11 is 0. The van der Waals surface area contributed by atoms with Gasteiger partial charge in [0.2, 0.25) is 0 Å². The summed E-state index contributed by atoms with van der Waals surface area (Å²) in [6.45, 7) is 4.02. The maximum atomic E-state index is 11.1. The van der Waals surface area contributed by atoms with Crippen LogP contribution in [-0.2, 0) is 17.6 Å². The highest BCUT2D eigenvalue weighted by molar-refractivity contribution is 5.72. The third-order valence-electron chi connectivity index (χ3n) is 3.75. The van der Waals surface area contributed by atoms with Crippen LogP contribution in [0.25, 0.3) is 5.65 Å². The fraction of sp³-hybridized carbons (Fsp3) is 0.222. The molecule has 0 radical (unpaired) electrons. The van der Waals surface area contributed by atoms with Gasteiger partial charge >= 0.3 is 5.97 Å². The Morgan fingerprint density at radius 1 is 1.21 bits per heavy atom. The number of carbonyl (C=O) groups is 1. The Hall–Kier alpha value is -3.02. The average Bonchev–Trinajstić information content (AvgIpc) is 2.89. The molecule has 0 saturated heterocycles. The van der Waals surface area contributed by atoms with Gasteiger partial charge < -0.3 is 5.11 Å². The maximum Gasteiger partial charge on any atom is 0.309 e. The van der Waals surface area contributed by atoms with Crippen molar-refractivity contribution in [2.45, 2.75) is 26.7 Å². The smallest absolute Gasteiger partial charge is 0.309 e. The van der Waals surface area contributed by atoms with E-state index in [9.17, 15) is 4.79 Å². The molecule has 3 rings (SSSR count). The molecule has 0 aliphatic heterocycles. The average molecular weight is 322 g/mol. The summed E-state index contributed by atoms with van der Waals surface area (Å²) in [6, 6.07) is 11.5. The number of fused-ring (bicyclic) bond motifs is 1. The molecule has 0 unspecified atom stereocenters. The molecule has 0 spiro atoms. The molecule has 3 aromatic rings. The van der Waals surface area contributed by atoms with Crippen molar-refractivity contribution in [3.63, 3.8) is 0 Å². The first-order valence-corrected chi connectivity index (χ1v) is 7.77. The van der Waals surface area contributed by atoms with Gasteiger partial charge in [-0.3, -0.25) is 9.20 Å². The van der Waals surface area contributed by atoms with E-state index in [1.165, 1.54) is 0 Å². The number of hydrogen-bond acceptors (Lipinski definition) is 4. The van der Waals surface area contributed by atoms with Gasteiger partial charge in [0.15, 0.2) is 5.82 Å². The molecule has 0 saturated carbocycles. The van der Waals surface area contributed by atoms with E-state index in [1.807, 2.05) is 49.5 Å². The third kappa shape index (κ3) is 3.17. The fourth-order valence-corrected chi connectivity index (χ4v) is 2.56. The Bertz CT molecular complexity index is 928. The van der Waals surface area contributed by atoms with Crippen LogP contribution < -0.4 is 0 Å². The van der Waals surface area contributed by atoms with Crippen LogP contribution >= 0.6 is 0 Å². The predicted octanol–water partition coefficient (Wildman–Crippen LogP) is 4.25. The van der Waals surface area contributed by atoms with E-state index in [1.54, 1.807) is 4.40 Å². The topological polar surface area (TPSA) is 79.3 Å².